The number of benzene rings is 3. The van der Waals surface area contributed by atoms with Crippen LogP contribution in [0.15, 0.2) is 72.8 Å². The highest BCUT2D eigenvalue weighted by molar-refractivity contribution is 5.94. The van der Waals surface area contributed by atoms with Crippen LogP contribution < -0.4 is 24.4 Å². The minimum atomic E-state index is -0.0665. The molecule has 0 bridgehead atoms. The molecule has 1 fully saturated rings. The Kier molecular flexibility index (Phi) is 6.53. The second-order valence-corrected chi connectivity index (χ2v) is 8.43. The van der Waals surface area contributed by atoms with Gasteiger partial charge in [-0.1, -0.05) is 24.3 Å². The first-order valence-electron chi connectivity index (χ1n) is 11.6. The Morgan fingerprint density at radius 1 is 0.941 bits per heavy atom. The molecule has 7 nitrogen and oxygen atoms in total. The number of ether oxygens (including phenoxy) is 3. The van der Waals surface area contributed by atoms with Crippen molar-refractivity contribution < 1.29 is 19.0 Å². The Morgan fingerprint density at radius 3 is 2.41 bits per heavy atom. The first-order chi connectivity index (χ1) is 16.7. The highest BCUT2D eigenvalue weighted by atomic mass is 16.7. The maximum absolute atomic E-state index is 12.7. The Balaban J connectivity index is 1.30. The monoisotopic (exact) mass is 459 g/mol. The number of amides is 1. The second kappa shape index (κ2) is 10.1. The molecule has 2 heterocycles. The molecule has 5 rings (SSSR count). The average molecular weight is 460 g/mol. The van der Waals surface area contributed by atoms with Gasteiger partial charge in [-0.05, 0) is 54.1 Å². The SMILES string of the molecule is COc1ccc(N2CCN([C@H](CNC(=O)c3ccccc3)c3ccc4c(c3)OCO4)CC2)cc1. The minimum Gasteiger partial charge on any atom is -0.497 e. The van der Waals surface area contributed by atoms with E-state index in [-0.39, 0.29) is 18.7 Å². The van der Waals surface area contributed by atoms with Crippen LogP contribution >= 0.6 is 0 Å². The van der Waals surface area contributed by atoms with E-state index in [0.29, 0.717) is 12.1 Å². The van der Waals surface area contributed by atoms with Crippen LogP contribution in [0.2, 0.25) is 0 Å². The van der Waals surface area contributed by atoms with Crippen molar-refractivity contribution in [3.8, 4) is 17.2 Å². The molecule has 0 saturated carbocycles. The summed E-state index contributed by atoms with van der Waals surface area (Å²) in [5, 5.41) is 3.14. The van der Waals surface area contributed by atoms with Crippen molar-refractivity contribution in [3.05, 3.63) is 83.9 Å². The molecule has 34 heavy (non-hydrogen) atoms. The van der Waals surface area contributed by atoms with E-state index < -0.39 is 0 Å². The van der Waals surface area contributed by atoms with Crippen molar-refractivity contribution >= 4 is 11.6 Å². The van der Waals surface area contributed by atoms with E-state index >= 15 is 0 Å². The van der Waals surface area contributed by atoms with Crippen molar-refractivity contribution in [2.24, 2.45) is 0 Å². The molecule has 1 amide bonds. The number of nitrogens with zero attached hydrogens (tertiary/aromatic N) is 2. The first kappa shape index (κ1) is 22.1. The summed E-state index contributed by atoms with van der Waals surface area (Å²) in [5.41, 5.74) is 2.96. The fourth-order valence-electron chi connectivity index (χ4n) is 4.54. The summed E-state index contributed by atoms with van der Waals surface area (Å²) in [4.78, 5) is 17.6. The lowest BCUT2D eigenvalue weighted by Gasteiger charge is -2.40. The van der Waals surface area contributed by atoms with Gasteiger partial charge in [-0.2, -0.15) is 0 Å². The number of piperazine rings is 1. The van der Waals surface area contributed by atoms with Crippen LogP contribution in [0.3, 0.4) is 0 Å². The molecule has 0 aliphatic carbocycles. The molecule has 0 spiro atoms. The predicted octanol–water partition coefficient (Wildman–Crippen LogP) is 3.72. The van der Waals surface area contributed by atoms with Gasteiger partial charge < -0.3 is 24.4 Å². The summed E-state index contributed by atoms with van der Waals surface area (Å²) in [6.45, 7) is 4.32. The Bertz CT molecular complexity index is 1110. The number of nitrogens with one attached hydrogen (secondary N) is 1. The summed E-state index contributed by atoms with van der Waals surface area (Å²) in [5.74, 6) is 2.32. The largest absolute Gasteiger partial charge is 0.497 e. The highest BCUT2D eigenvalue weighted by Crippen LogP contribution is 2.36. The summed E-state index contributed by atoms with van der Waals surface area (Å²) in [6, 6.07) is 23.6. The van der Waals surface area contributed by atoms with Crippen molar-refractivity contribution in [2.45, 2.75) is 6.04 Å². The lowest BCUT2D eigenvalue weighted by atomic mass is 10.0. The number of hydrogen-bond donors (Lipinski definition) is 1. The molecule has 176 valence electrons. The molecule has 7 heteroatoms. The molecule has 0 aromatic heterocycles. The Hall–Kier alpha value is -3.71. The maximum atomic E-state index is 12.7. The third-order valence-corrected chi connectivity index (χ3v) is 6.47. The number of fused-ring (bicyclic) bond motifs is 1. The van der Waals surface area contributed by atoms with Gasteiger partial charge >= 0.3 is 0 Å². The van der Waals surface area contributed by atoms with E-state index in [9.17, 15) is 4.79 Å². The molecule has 3 aromatic carbocycles. The smallest absolute Gasteiger partial charge is 0.251 e. The number of methoxy groups -OCH3 is 1. The van der Waals surface area contributed by atoms with Crippen LogP contribution in [0.4, 0.5) is 5.69 Å². The van der Waals surface area contributed by atoms with Crippen molar-refractivity contribution in [1.82, 2.24) is 10.2 Å². The fraction of sp³-hybridized carbons (Fsp3) is 0.296. The van der Waals surface area contributed by atoms with Crippen molar-refractivity contribution in [2.75, 3.05) is 51.5 Å². The molecule has 2 aliphatic rings. The number of carbonyl (C=O) groups excluding carboxylic acids is 1. The van der Waals surface area contributed by atoms with Gasteiger partial charge in [0.2, 0.25) is 6.79 Å². The molecule has 1 atom stereocenters. The molecule has 1 N–H and O–H groups in total. The summed E-state index contributed by atoms with van der Waals surface area (Å²) in [7, 11) is 1.68. The Morgan fingerprint density at radius 2 is 1.68 bits per heavy atom. The maximum Gasteiger partial charge on any atom is 0.251 e. The molecule has 2 aliphatic heterocycles. The van der Waals surface area contributed by atoms with Gasteiger partial charge in [0.15, 0.2) is 11.5 Å². The first-order valence-corrected chi connectivity index (χ1v) is 11.6. The molecule has 1 saturated heterocycles. The van der Waals surface area contributed by atoms with Gasteiger partial charge in [0.1, 0.15) is 5.75 Å². The van der Waals surface area contributed by atoms with E-state index in [1.54, 1.807) is 7.11 Å². The minimum absolute atomic E-state index is 0.0279. The highest BCUT2D eigenvalue weighted by Gasteiger charge is 2.27. The normalized spacial score (nSPS) is 16.2. The Labute approximate surface area is 199 Å². The van der Waals surface area contributed by atoms with Crippen LogP contribution in [0, 0.1) is 0 Å². The lowest BCUT2D eigenvalue weighted by molar-refractivity contribution is 0.0930. The zero-order chi connectivity index (χ0) is 23.3. The fourth-order valence-corrected chi connectivity index (χ4v) is 4.54. The lowest BCUT2D eigenvalue weighted by Crippen LogP contribution is -2.50. The molecular weight excluding hydrogens is 430 g/mol. The standard InChI is InChI=1S/C27H29N3O4/c1-32-23-10-8-22(9-11-23)29-13-15-30(16-14-29)24(18-28-27(31)20-5-3-2-4-6-20)21-7-12-25-26(17-21)34-19-33-25/h2-12,17,24H,13-16,18-19H2,1H3,(H,28,31)/t24-/m1/s1. The zero-order valence-electron chi connectivity index (χ0n) is 19.3. The van der Waals surface area contributed by atoms with Crippen molar-refractivity contribution in [1.29, 1.82) is 0 Å². The van der Waals surface area contributed by atoms with Crippen LogP contribution in [0.1, 0.15) is 22.0 Å². The van der Waals surface area contributed by atoms with Crippen LogP contribution in [0.5, 0.6) is 17.2 Å². The topological polar surface area (TPSA) is 63.3 Å². The summed E-state index contributed by atoms with van der Waals surface area (Å²) < 4.78 is 16.4. The third kappa shape index (κ3) is 4.79. The summed E-state index contributed by atoms with van der Waals surface area (Å²) in [6.07, 6.45) is 0. The van der Waals surface area contributed by atoms with Crippen LogP contribution in [-0.4, -0.2) is 57.4 Å². The number of carbonyl (C=O) groups is 1. The van der Waals surface area contributed by atoms with E-state index in [0.717, 1.165) is 49.0 Å². The number of anilines is 1. The van der Waals surface area contributed by atoms with Crippen molar-refractivity contribution in [3.63, 3.8) is 0 Å². The van der Waals surface area contributed by atoms with Gasteiger partial charge in [0.25, 0.3) is 5.91 Å². The van der Waals surface area contributed by atoms with E-state index in [1.165, 1.54) is 5.69 Å². The molecule has 0 radical (unpaired) electrons. The van der Waals surface area contributed by atoms with Gasteiger partial charge in [-0.25, -0.2) is 0 Å². The number of hydrogen-bond acceptors (Lipinski definition) is 6. The molecular formula is C27H29N3O4. The number of rotatable bonds is 7. The van der Waals surface area contributed by atoms with Gasteiger partial charge in [0.05, 0.1) is 13.2 Å². The van der Waals surface area contributed by atoms with E-state index in [4.69, 9.17) is 14.2 Å². The summed E-state index contributed by atoms with van der Waals surface area (Å²) >= 11 is 0. The quantitative estimate of drug-likeness (QED) is 0.581. The average Bonchev–Trinajstić information content (AvgIpc) is 3.38. The van der Waals surface area contributed by atoms with E-state index in [2.05, 4.69) is 33.3 Å². The van der Waals surface area contributed by atoms with Gasteiger partial charge in [0, 0.05) is 44.0 Å². The predicted molar refractivity (Wildman–Crippen MR) is 131 cm³/mol. The van der Waals surface area contributed by atoms with E-state index in [1.807, 2.05) is 54.6 Å². The molecule has 3 aromatic rings. The van der Waals surface area contributed by atoms with Crippen LogP contribution in [-0.2, 0) is 0 Å². The van der Waals surface area contributed by atoms with Gasteiger partial charge in [-0.3, -0.25) is 9.69 Å². The zero-order valence-corrected chi connectivity index (χ0v) is 19.3. The van der Waals surface area contributed by atoms with Gasteiger partial charge in [-0.15, -0.1) is 0 Å². The van der Waals surface area contributed by atoms with Crippen LogP contribution in [0.25, 0.3) is 0 Å². The second-order valence-electron chi connectivity index (χ2n) is 8.43. The molecule has 0 unspecified atom stereocenters. The third-order valence-electron chi connectivity index (χ3n) is 6.47.